The lowest BCUT2D eigenvalue weighted by molar-refractivity contribution is 0.187. The number of aryl methyl sites for hydroxylation is 1. The van der Waals surface area contributed by atoms with Crippen molar-refractivity contribution in [3.05, 3.63) is 35.4 Å². The Labute approximate surface area is 164 Å². The average molecular weight is 444 g/mol. The van der Waals surface area contributed by atoms with Crippen LogP contribution < -0.4 is 10.6 Å². The van der Waals surface area contributed by atoms with Gasteiger partial charge in [-0.25, -0.2) is 0 Å². The number of aliphatic imine (C=N–C) groups is 1. The Bertz CT molecular complexity index is 496. The molecule has 1 saturated heterocycles. The van der Waals surface area contributed by atoms with Crippen LogP contribution in [0.25, 0.3) is 0 Å². The molecule has 0 saturated carbocycles. The minimum Gasteiger partial charge on any atom is -0.356 e. The first kappa shape index (κ1) is 21.2. The molecule has 0 bridgehead atoms. The van der Waals surface area contributed by atoms with Crippen LogP contribution in [0.15, 0.2) is 29.3 Å². The average Bonchev–Trinajstić information content (AvgIpc) is 2.58. The zero-order valence-electron chi connectivity index (χ0n) is 15.3. The quantitative estimate of drug-likeness (QED) is 0.402. The normalized spacial score (nSPS) is 16.5. The van der Waals surface area contributed by atoms with E-state index in [9.17, 15) is 0 Å². The maximum Gasteiger partial charge on any atom is 0.191 e. The van der Waals surface area contributed by atoms with Crippen LogP contribution in [0.2, 0.25) is 0 Å². The minimum atomic E-state index is 0. The number of likely N-dealkylation sites (tertiary alicyclic amines) is 1. The second kappa shape index (κ2) is 11.7. The number of hydrogen-bond donors (Lipinski definition) is 2. The van der Waals surface area contributed by atoms with Crippen molar-refractivity contribution in [1.82, 2.24) is 15.5 Å². The van der Waals surface area contributed by atoms with Gasteiger partial charge >= 0.3 is 0 Å². The number of piperidine rings is 1. The van der Waals surface area contributed by atoms with E-state index in [1.54, 1.807) is 0 Å². The van der Waals surface area contributed by atoms with E-state index < -0.39 is 0 Å². The van der Waals surface area contributed by atoms with Crippen molar-refractivity contribution < 1.29 is 0 Å². The van der Waals surface area contributed by atoms with Gasteiger partial charge < -0.3 is 15.5 Å². The number of hydrogen-bond acceptors (Lipinski definition) is 2. The van der Waals surface area contributed by atoms with Crippen molar-refractivity contribution >= 4 is 29.9 Å². The van der Waals surface area contributed by atoms with Crippen molar-refractivity contribution in [2.75, 3.05) is 33.2 Å². The van der Waals surface area contributed by atoms with Crippen LogP contribution in [0.3, 0.4) is 0 Å². The molecular weight excluding hydrogens is 411 g/mol. The highest BCUT2D eigenvalue weighted by Gasteiger charge is 2.17. The summed E-state index contributed by atoms with van der Waals surface area (Å²) in [5, 5.41) is 6.85. The number of rotatable bonds is 6. The number of halogens is 1. The predicted molar refractivity (Wildman–Crippen MR) is 114 cm³/mol. The van der Waals surface area contributed by atoms with Crippen molar-refractivity contribution in [3.63, 3.8) is 0 Å². The second-order valence-electron chi connectivity index (χ2n) is 6.51. The standard InChI is InChI=1S/C19H32N4.HI/c1-4-23-12-9-17(10-13-23)8-11-21-19(20-3)22-15-18-7-5-6-16(2)14-18;/h5-7,14,17H,4,8-13,15H2,1-3H3,(H2,20,21,22);1H. The highest BCUT2D eigenvalue weighted by Crippen LogP contribution is 2.19. The molecule has 1 fully saturated rings. The monoisotopic (exact) mass is 444 g/mol. The van der Waals surface area contributed by atoms with Crippen molar-refractivity contribution in [2.24, 2.45) is 10.9 Å². The zero-order chi connectivity index (χ0) is 16.5. The fraction of sp³-hybridized carbons (Fsp3) is 0.632. The van der Waals surface area contributed by atoms with E-state index in [1.807, 2.05) is 7.05 Å². The smallest absolute Gasteiger partial charge is 0.191 e. The first-order valence-corrected chi connectivity index (χ1v) is 8.93. The molecule has 0 radical (unpaired) electrons. The summed E-state index contributed by atoms with van der Waals surface area (Å²) in [7, 11) is 1.84. The van der Waals surface area contributed by atoms with Gasteiger partial charge in [-0.3, -0.25) is 4.99 Å². The summed E-state index contributed by atoms with van der Waals surface area (Å²) in [4.78, 5) is 6.87. The van der Waals surface area contributed by atoms with Crippen LogP contribution in [0.5, 0.6) is 0 Å². The predicted octanol–water partition coefficient (Wildman–Crippen LogP) is 3.40. The molecule has 24 heavy (non-hydrogen) atoms. The summed E-state index contributed by atoms with van der Waals surface area (Å²) >= 11 is 0. The SMILES string of the molecule is CCN1CCC(CCNC(=NC)NCc2cccc(C)c2)CC1.I. The van der Waals surface area contributed by atoms with Gasteiger partial charge in [-0.15, -0.1) is 24.0 Å². The molecule has 1 heterocycles. The Morgan fingerprint density at radius 1 is 1.25 bits per heavy atom. The topological polar surface area (TPSA) is 39.7 Å². The van der Waals surface area contributed by atoms with Crippen molar-refractivity contribution in [1.29, 1.82) is 0 Å². The summed E-state index contributed by atoms with van der Waals surface area (Å²) < 4.78 is 0. The van der Waals surface area contributed by atoms with Gasteiger partial charge in [0.2, 0.25) is 0 Å². The Morgan fingerprint density at radius 2 is 2.00 bits per heavy atom. The largest absolute Gasteiger partial charge is 0.356 e. The van der Waals surface area contributed by atoms with Crippen molar-refractivity contribution in [2.45, 2.75) is 39.7 Å². The van der Waals surface area contributed by atoms with Crippen LogP contribution in [0, 0.1) is 12.8 Å². The Hall–Kier alpha value is -0.820. The number of nitrogens with one attached hydrogen (secondary N) is 2. The first-order valence-electron chi connectivity index (χ1n) is 8.93. The summed E-state index contributed by atoms with van der Waals surface area (Å²) in [6.07, 6.45) is 3.92. The van der Waals surface area contributed by atoms with E-state index in [4.69, 9.17) is 0 Å². The van der Waals surface area contributed by atoms with Gasteiger partial charge in [0.25, 0.3) is 0 Å². The van der Waals surface area contributed by atoms with Gasteiger partial charge in [0.1, 0.15) is 0 Å². The molecule has 0 atom stereocenters. The lowest BCUT2D eigenvalue weighted by atomic mass is 9.93. The molecule has 1 aliphatic rings. The molecule has 2 N–H and O–H groups in total. The molecule has 5 heteroatoms. The van der Waals surface area contributed by atoms with Gasteiger partial charge in [0.15, 0.2) is 5.96 Å². The summed E-state index contributed by atoms with van der Waals surface area (Å²) in [5.41, 5.74) is 2.59. The lowest BCUT2D eigenvalue weighted by Gasteiger charge is -2.31. The molecule has 2 rings (SSSR count). The second-order valence-corrected chi connectivity index (χ2v) is 6.51. The number of guanidine groups is 1. The van der Waals surface area contributed by atoms with Crippen LogP contribution in [0.1, 0.15) is 37.3 Å². The molecule has 0 amide bonds. The molecule has 0 unspecified atom stereocenters. The van der Waals surface area contributed by atoms with E-state index in [0.717, 1.165) is 25.0 Å². The number of benzene rings is 1. The summed E-state index contributed by atoms with van der Waals surface area (Å²) in [6.45, 7) is 9.93. The highest BCUT2D eigenvalue weighted by molar-refractivity contribution is 14.0. The Balaban J connectivity index is 0.00000288. The third-order valence-electron chi connectivity index (χ3n) is 4.77. The van der Waals surface area contributed by atoms with Gasteiger partial charge in [-0.2, -0.15) is 0 Å². The van der Waals surface area contributed by atoms with Crippen LogP contribution in [-0.2, 0) is 6.54 Å². The van der Waals surface area contributed by atoms with E-state index in [0.29, 0.717) is 0 Å². The third kappa shape index (κ3) is 7.38. The molecular formula is C19H33IN4. The molecule has 1 aromatic rings. The maximum atomic E-state index is 4.32. The van der Waals surface area contributed by atoms with Gasteiger partial charge in [-0.05, 0) is 57.3 Å². The van der Waals surface area contributed by atoms with Crippen LogP contribution in [0.4, 0.5) is 0 Å². The Morgan fingerprint density at radius 3 is 2.62 bits per heavy atom. The molecule has 136 valence electrons. The van der Waals surface area contributed by atoms with E-state index in [1.165, 1.54) is 50.0 Å². The van der Waals surface area contributed by atoms with E-state index in [-0.39, 0.29) is 24.0 Å². The highest BCUT2D eigenvalue weighted by atomic mass is 127. The maximum absolute atomic E-state index is 4.32. The molecule has 1 aromatic carbocycles. The minimum absolute atomic E-state index is 0. The van der Waals surface area contributed by atoms with Gasteiger partial charge in [-0.1, -0.05) is 36.8 Å². The fourth-order valence-corrected chi connectivity index (χ4v) is 3.21. The van der Waals surface area contributed by atoms with Crippen LogP contribution >= 0.6 is 24.0 Å². The van der Waals surface area contributed by atoms with Crippen molar-refractivity contribution in [3.8, 4) is 0 Å². The zero-order valence-corrected chi connectivity index (χ0v) is 17.7. The molecule has 0 spiro atoms. The van der Waals surface area contributed by atoms with Gasteiger partial charge in [0, 0.05) is 20.1 Å². The first-order chi connectivity index (χ1) is 11.2. The van der Waals surface area contributed by atoms with E-state index in [2.05, 4.69) is 58.6 Å². The lowest BCUT2D eigenvalue weighted by Crippen LogP contribution is -2.39. The molecule has 1 aliphatic heterocycles. The number of nitrogens with zero attached hydrogens (tertiary/aromatic N) is 2. The summed E-state index contributed by atoms with van der Waals surface area (Å²) in [6, 6.07) is 8.59. The Kier molecular flexibility index (Phi) is 10.3. The molecule has 0 aliphatic carbocycles. The van der Waals surface area contributed by atoms with E-state index >= 15 is 0 Å². The molecule has 0 aromatic heterocycles. The van der Waals surface area contributed by atoms with Gasteiger partial charge in [0.05, 0.1) is 0 Å². The third-order valence-corrected chi connectivity index (χ3v) is 4.77. The summed E-state index contributed by atoms with van der Waals surface area (Å²) in [5.74, 6) is 1.76. The fourth-order valence-electron chi connectivity index (χ4n) is 3.21. The molecule has 4 nitrogen and oxygen atoms in total. The van der Waals surface area contributed by atoms with Crippen LogP contribution in [-0.4, -0.2) is 44.1 Å².